The lowest BCUT2D eigenvalue weighted by atomic mass is 9.84. The molecule has 6 heteroatoms. The largest absolute Gasteiger partial charge is 0.488 e. The topological polar surface area (TPSA) is 60.9 Å². The maximum atomic E-state index is 13.3. The minimum absolute atomic E-state index is 0.0454. The number of methoxy groups -OCH3 is 2. The average Bonchev–Trinajstić information content (AvgIpc) is 3.20. The van der Waals surface area contributed by atoms with Gasteiger partial charge in [-0.25, -0.2) is 0 Å². The molecule has 142 valence electrons. The number of hydrogen-bond acceptors (Lipinski definition) is 5. The van der Waals surface area contributed by atoms with Gasteiger partial charge in [-0.05, 0) is 11.6 Å². The Kier molecular flexibility index (Phi) is 4.40. The maximum Gasteiger partial charge on any atom is 0.231 e. The monoisotopic (exact) mass is 368 g/mol. The summed E-state index contributed by atoms with van der Waals surface area (Å²) in [6.45, 7) is 0. The first-order chi connectivity index (χ1) is 13.0. The number of amides is 1. The highest BCUT2D eigenvalue weighted by Crippen LogP contribution is 2.61. The number of ether oxygens (including phenoxy) is 3. The van der Waals surface area contributed by atoms with Crippen molar-refractivity contribution >= 4 is 5.91 Å². The molecule has 1 aromatic heterocycles. The Morgan fingerprint density at radius 3 is 2.48 bits per heavy atom. The van der Waals surface area contributed by atoms with Gasteiger partial charge in [-0.2, -0.15) is 0 Å². The van der Waals surface area contributed by atoms with E-state index in [9.17, 15) is 4.79 Å². The SMILES string of the molecule is COC1(OC)C(C(=O)N(C)C)C(c2ccccc2)C2Oc3ccncc3C21. The fraction of sp³-hybridized carbons (Fsp3) is 0.429. The molecule has 4 rings (SSSR count). The quantitative estimate of drug-likeness (QED) is 0.776. The van der Waals surface area contributed by atoms with E-state index in [1.807, 2.05) is 36.4 Å². The number of hydrogen-bond donors (Lipinski definition) is 0. The van der Waals surface area contributed by atoms with Crippen molar-refractivity contribution in [3.05, 3.63) is 59.9 Å². The van der Waals surface area contributed by atoms with Crippen LogP contribution in [0.15, 0.2) is 48.8 Å². The second-order valence-corrected chi connectivity index (χ2v) is 7.25. The molecule has 0 radical (unpaired) electrons. The predicted octanol–water partition coefficient (Wildman–Crippen LogP) is 2.42. The lowest BCUT2D eigenvalue weighted by Crippen LogP contribution is -2.50. The molecule has 1 aromatic carbocycles. The Bertz CT molecular complexity index is 835. The van der Waals surface area contributed by atoms with Gasteiger partial charge in [0.2, 0.25) is 5.91 Å². The van der Waals surface area contributed by atoms with Gasteiger partial charge >= 0.3 is 0 Å². The van der Waals surface area contributed by atoms with E-state index in [0.717, 1.165) is 16.9 Å². The number of carbonyl (C=O) groups is 1. The van der Waals surface area contributed by atoms with E-state index < -0.39 is 11.7 Å². The van der Waals surface area contributed by atoms with Gasteiger partial charge in [0, 0.05) is 52.2 Å². The summed E-state index contributed by atoms with van der Waals surface area (Å²) < 4.78 is 18.3. The summed E-state index contributed by atoms with van der Waals surface area (Å²) in [5.74, 6) is -1.42. The van der Waals surface area contributed by atoms with Crippen molar-refractivity contribution in [2.45, 2.75) is 23.7 Å². The summed E-state index contributed by atoms with van der Waals surface area (Å²) in [4.78, 5) is 19.2. The zero-order chi connectivity index (χ0) is 19.2. The molecule has 0 spiro atoms. The molecule has 1 fully saturated rings. The fourth-order valence-corrected chi connectivity index (χ4v) is 4.74. The fourth-order valence-electron chi connectivity index (χ4n) is 4.74. The molecule has 1 amide bonds. The van der Waals surface area contributed by atoms with Crippen LogP contribution in [0.1, 0.15) is 23.0 Å². The van der Waals surface area contributed by atoms with Crippen molar-refractivity contribution < 1.29 is 19.0 Å². The Morgan fingerprint density at radius 2 is 1.85 bits per heavy atom. The third-order valence-electron chi connectivity index (χ3n) is 5.85. The molecule has 27 heavy (non-hydrogen) atoms. The zero-order valence-corrected chi connectivity index (χ0v) is 16.0. The average molecular weight is 368 g/mol. The predicted molar refractivity (Wildman–Crippen MR) is 99.5 cm³/mol. The number of pyridine rings is 1. The van der Waals surface area contributed by atoms with Gasteiger partial charge in [0.25, 0.3) is 0 Å². The highest BCUT2D eigenvalue weighted by molar-refractivity contribution is 5.82. The second-order valence-electron chi connectivity index (χ2n) is 7.25. The van der Waals surface area contributed by atoms with Crippen LogP contribution < -0.4 is 4.74 Å². The zero-order valence-electron chi connectivity index (χ0n) is 16.0. The van der Waals surface area contributed by atoms with Crippen molar-refractivity contribution in [2.75, 3.05) is 28.3 Å². The minimum Gasteiger partial charge on any atom is -0.488 e. The van der Waals surface area contributed by atoms with Crippen LogP contribution in [0.3, 0.4) is 0 Å². The molecule has 2 heterocycles. The Labute approximate surface area is 159 Å². The van der Waals surface area contributed by atoms with E-state index in [0.29, 0.717) is 0 Å². The Hall–Kier alpha value is -2.44. The summed E-state index contributed by atoms with van der Waals surface area (Å²) in [5.41, 5.74) is 1.95. The van der Waals surface area contributed by atoms with E-state index in [-0.39, 0.29) is 23.8 Å². The van der Waals surface area contributed by atoms with E-state index in [4.69, 9.17) is 14.2 Å². The van der Waals surface area contributed by atoms with Crippen molar-refractivity contribution in [3.8, 4) is 5.75 Å². The van der Waals surface area contributed by atoms with Crippen LogP contribution in [0.4, 0.5) is 0 Å². The number of benzene rings is 1. The highest BCUT2D eigenvalue weighted by atomic mass is 16.7. The smallest absolute Gasteiger partial charge is 0.231 e. The summed E-state index contributed by atoms with van der Waals surface area (Å²) in [6, 6.07) is 11.8. The number of fused-ring (bicyclic) bond motifs is 3. The molecule has 2 aromatic rings. The van der Waals surface area contributed by atoms with E-state index in [1.165, 1.54) is 0 Å². The van der Waals surface area contributed by atoms with Gasteiger partial charge in [0.05, 0.1) is 5.92 Å². The van der Waals surface area contributed by atoms with Crippen molar-refractivity contribution in [3.63, 3.8) is 0 Å². The molecular weight excluding hydrogens is 344 g/mol. The molecule has 0 saturated heterocycles. The van der Waals surface area contributed by atoms with E-state index in [2.05, 4.69) is 4.98 Å². The van der Waals surface area contributed by atoms with Crippen LogP contribution in [-0.4, -0.2) is 56.0 Å². The highest BCUT2D eigenvalue weighted by Gasteiger charge is 2.69. The summed E-state index contributed by atoms with van der Waals surface area (Å²) in [5, 5.41) is 0. The number of rotatable bonds is 4. The van der Waals surface area contributed by atoms with Gasteiger partial charge in [0.1, 0.15) is 17.8 Å². The van der Waals surface area contributed by atoms with Crippen molar-refractivity contribution in [2.24, 2.45) is 5.92 Å². The van der Waals surface area contributed by atoms with E-state index >= 15 is 0 Å². The number of aromatic nitrogens is 1. The Morgan fingerprint density at radius 1 is 1.15 bits per heavy atom. The molecule has 2 aliphatic rings. The van der Waals surface area contributed by atoms with Gasteiger partial charge in [-0.1, -0.05) is 30.3 Å². The van der Waals surface area contributed by atoms with Crippen LogP contribution >= 0.6 is 0 Å². The van der Waals surface area contributed by atoms with Gasteiger partial charge in [-0.3, -0.25) is 9.78 Å². The Balaban J connectivity index is 1.94. The normalized spacial score (nSPS) is 27.6. The van der Waals surface area contributed by atoms with Crippen LogP contribution in [0.25, 0.3) is 0 Å². The first kappa shape index (κ1) is 17.9. The van der Waals surface area contributed by atoms with Crippen LogP contribution in [0.5, 0.6) is 5.75 Å². The van der Waals surface area contributed by atoms with Crippen LogP contribution in [-0.2, 0) is 14.3 Å². The molecule has 1 aliphatic heterocycles. The molecular formula is C21H24N2O4. The van der Waals surface area contributed by atoms with Crippen molar-refractivity contribution in [1.82, 2.24) is 9.88 Å². The van der Waals surface area contributed by atoms with Gasteiger partial charge < -0.3 is 19.1 Å². The summed E-state index contributed by atoms with van der Waals surface area (Å²) in [6.07, 6.45) is 3.22. The molecule has 0 bridgehead atoms. The number of carbonyl (C=O) groups excluding carboxylic acids is 1. The molecule has 1 aliphatic carbocycles. The molecule has 1 saturated carbocycles. The first-order valence-corrected chi connectivity index (χ1v) is 9.02. The lowest BCUT2D eigenvalue weighted by molar-refractivity contribution is -0.238. The summed E-state index contributed by atoms with van der Waals surface area (Å²) >= 11 is 0. The molecule has 0 N–H and O–H groups in total. The first-order valence-electron chi connectivity index (χ1n) is 9.02. The second kappa shape index (κ2) is 6.62. The van der Waals surface area contributed by atoms with Crippen LogP contribution in [0, 0.1) is 5.92 Å². The maximum absolute atomic E-state index is 13.3. The molecule has 4 unspecified atom stereocenters. The van der Waals surface area contributed by atoms with Crippen LogP contribution in [0.2, 0.25) is 0 Å². The standard InChI is InChI=1S/C21H24N2O4/c1-23(2)20(24)18-16(13-8-6-5-7-9-13)19-17(21(18,25-3)26-4)14-12-22-11-10-15(14)27-19/h5-12,16-19H,1-4H3. The summed E-state index contributed by atoms with van der Waals surface area (Å²) in [7, 11) is 6.70. The third kappa shape index (κ3) is 2.47. The van der Waals surface area contributed by atoms with Crippen molar-refractivity contribution in [1.29, 1.82) is 0 Å². The van der Waals surface area contributed by atoms with Gasteiger partial charge in [-0.15, -0.1) is 0 Å². The molecule has 6 nitrogen and oxygen atoms in total. The molecule has 4 atom stereocenters. The lowest BCUT2D eigenvalue weighted by Gasteiger charge is -2.38. The third-order valence-corrected chi connectivity index (χ3v) is 5.85. The number of nitrogens with zero attached hydrogens (tertiary/aromatic N) is 2. The minimum atomic E-state index is -1.14. The van der Waals surface area contributed by atoms with Gasteiger partial charge in [0.15, 0.2) is 5.79 Å². The van der Waals surface area contributed by atoms with E-state index in [1.54, 1.807) is 45.6 Å².